The van der Waals surface area contributed by atoms with E-state index in [4.69, 9.17) is 11.6 Å². The third-order valence-electron chi connectivity index (χ3n) is 3.07. The second-order valence-electron chi connectivity index (χ2n) is 4.80. The highest BCUT2D eigenvalue weighted by molar-refractivity contribution is 7.18. The van der Waals surface area contributed by atoms with E-state index >= 15 is 0 Å². The lowest BCUT2D eigenvalue weighted by Gasteiger charge is -2.04. The number of urea groups is 1. The summed E-state index contributed by atoms with van der Waals surface area (Å²) in [5, 5.41) is 25.2. The molecule has 0 unspecified atom stereocenters. The summed E-state index contributed by atoms with van der Waals surface area (Å²) in [6.07, 6.45) is 0. The van der Waals surface area contributed by atoms with E-state index in [1.54, 1.807) is 36.4 Å². The molecule has 8 nitrogen and oxygen atoms in total. The lowest BCUT2D eigenvalue weighted by atomic mass is 10.2. The van der Waals surface area contributed by atoms with Crippen LogP contribution in [0.1, 0.15) is 0 Å². The fourth-order valence-corrected chi connectivity index (χ4v) is 2.78. The molecule has 0 aliphatic rings. The van der Waals surface area contributed by atoms with Crippen LogP contribution in [0.4, 0.5) is 21.3 Å². The minimum atomic E-state index is -0.474. The van der Waals surface area contributed by atoms with Crippen LogP contribution in [0.3, 0.4) is 0 Å². The molecule has 2 amide bonds. The van der Waals surface area contributed by atoms with E-state index in [2.05, 4.69) is 20.8 Å². The SMILES string of the molecule is O=C(Nc1ccc(Cl)cc1)Nc1nnc(-c2ccc([N+](=O)[O-])cc2)s1. The first kappa shape index (κ1) is 16.8. The average molecular weight is 376 g/mol. The summed E-state index contributed by atoms with van der Waals surface area (Å²) in [5.41, 5.74) is 1.25. The first-order valence-corrected chi connectivity index (χ1v) is 8.12. The molecule has 25 heavy (non-hydrogen) atoms. The summed E-state index contributed by atoms with van der Waals surface area (Å²) in [7, 11) is 0. The van der Waals surface area contributed by atoms with Gasteiger partial charge in [-0.2, -0.15) is 0 Å². The maximum Gasteiger partial charge on any atom is 0.325 e. The van der Waals surface area contributed by atoms with E-state index in [1.807, 2.05) is 0 Å². The Labute approximate surface area is 150 Å². The molecule has 1 heterocycles. The van der Waals surface area contributed by atoms with Gasteiger partial charge in [-0.15, -0.1) is 10.2 Å². The number of nitro benzene ring substituents is 1. The van der Waals surface area contributed by atoms with E-state index in [0.717, 1.165) is 11.3 Å². The zero-order chi connectivity index (χ0) is 17.8. The molecule has 2 aromatic carbocycles. The summed E-state index contributed by atoms with van der Waals surface area (Å²) >= 11 is 6.94. The third kappa shape index (κ3) is 4.28. The van der Waals surface area contributed by atoms with Gasteiger partial charge in [0.25, 0.3) is 5.69 Å². The molecule has 0 fully saturated rings. The van der Waals surface area contributed by atoms with Crippen LogP contribution < -0.4 is 10.6 Å². The van der Waals surface area contributed by atoms with Gasteiger partial charge in [0, 0.05) is 28.4 Å². The number of nitro groups is 1. The molecule has 2 N–H and O–H groups in total. The van der Waals surface area contributed by atoms with E-state index in [9.17, 15) is 14.9 Å². The summed E-state index contributed by atoms with van der Waals surface area (Å²) in [4.78, 5) is 22.1. The molecule has 0 saturated carbocycles. The predicted octanol–water partition coefficient (Wildman–Crippen LogP) is 4.41. The standard InChI is InChI=1S/C15H10ClN5O3S/c16-10-3-5-11(6-4-10)17-14(22)18-15-20-19-13(25-15)9-1-7-12(8-2-9)21(23)24/h1-8H,(H2,17,18,20,22). The number of carbonyl (C=O) groups is 1. The minimum Gasteiger partial charge on any atom is -0.308 e. The quantitative estimate of drug-likeness (QED) is 0.518. The van der Waals surface area contributed by atoms with Crippen molar-refractivity contribution in [2.75, 3.05) is 10.6 Å². The Bertz CT molecular complexity index is 912. The van der Waals surface area contributed by atoms with Crippen molar-refractivity contribution in [3.63, 3.8) is 0 Å². The number of halogens is 1. The Hall–Kier alpha value is -3.04. The van der Waals surface area contributed by atoms with Gasteiger partial charge in [-0.05, 0) is 36.4 Å². The lowest BCUT2D eigenvalue weighted by molar-refractivity contribution is -0.384. The molecule has 0 saturated heterocycles. The van der Waals surface area contributed by atoms with Crippen molar-refractivity contribution >= 4 is 45.5 Å². The topological polar surface area (TPSA) is 110 Å². The fraction of sp³-hybridized carbons (Fsp3) is 0. The van der Waals surface area contributed by atoms with Gasteiger partial charge >= 0.3 is 6.03 Å². The molecule has 3 aromatic rings. The Morgan fingerprint density at radius 2 is 1.72 bits per heavy atom. The maximum absolute atomic E-state index is 11.9. The number of aromatic nitrogens is 2. The molecule has 0 bridgehead atoms. The van der Waals surface area contributed by atoms with E-state index in [0.29, 0.717) is 26.4 Å². The normalized spacial score (nSPS) is 10.3. The van der Waals surface area contributed by atoms with E-state index < -0.39 is 11.0 Å². The Morgan fingerprint density at radius 1 is 1.04 bits per heavy atom. The molecular weight excluding hydrogens is 366 g/mol. The highest BCUT2D eigenvalue weighted by atomic mass is 35.5. The Balaban J connectivity index is 1.65. The summed E-state index contributed by atoms with van der Waals surface area (Å²) in [5.74, 6) is 0. The van der Waals surface area contributed by atoms with Crippen molar-refractivity contribution in [1.29, 1.82) is 0 Å². The number of non-ortho nitro benzene ring substituents is 1. The van der Waals surface area contributed by atoms with Gasteiger partial charge < -0.3 is 5.32 Å². The number of anilines is 2. The lowest BCUT2D eigenvalue weighted by Crippen LogP contribution is -2.19. The van der Waals surface area contributed by atoms with Crippen LogP contribution in [-0.2, 0) is 0 Å². The van der Waals surface area contributed by atoms with Crippen LogP contribution in [0.25, 0.3) is 10.6 Å². The highest BCUT2D eigenvalue weighted by Crippen LogP contribution is 2.27. The van der Waals surface area contributed by atoms with Crippen LogP contribution in [0.15, 0.2) is 48.5 Å². The summed E-state index contributed by atoms with van der Waals surface area (Å²) < 4.78 is 0. The molecule has 1 aromatic heterocycles. The monoisotopic (exact) mass is 375 g/mol. The summed E-state index contributed by atoms with van der Waals surface area (Å²) in [6, 6.07) is 12.1. The van der Waals surface area contributed by atoms with Crippen LogP contribution >= 0.6 is 22.9 Å². The number of hydrogen-bond acceptors (Lipinski definition) is 6. The molecule has 0 spiro atoms. The zero-order valence-corrected chi connectivity index (χ0v) is 14.0. The highest BCUT2D eigenvalue weighted by Gasteiger charge is 2.11. The predicted molar refractivity (Wildman–Crippen MR) is 96.1 cm³/mol. The summed E-state index contributed by atoms with van der Waals surface area (Å²) in [6.45, 7) is 0. The number of amides is 2. The Morgan fingerprint density at radius 3 is 2.36 bits per heavy atom. The molecule has 0 aliphatic heterocycles. The molecule has 0 radical (unpaired) electrons. The molecular formula is C15H10ClN5O3S. The number of rotatable bonds is 4. The van der Waals surface area contributed by atoms with Gasteiger partial charge in [0.2, 0.25) is 5.13 Å². The van der Waals surface area contributed by atoms with Crippen molar-refractivity contribution in [1.82, 2.24) is 10.2 Å². The number of nitrogens with one attached hydrogen (secondary N) is 2. The number of nitrogens with zero attached hydrogens (tertiary/aromatic N) is 3. The average Bonchev–Trinajstić information content (AvgIpc) is 3.05. The first-order valence-electron chi connectivity index (χ1n) is 6.93. The molecule has 3 rings (SSSR count). The largest absolute Gasteiger partial charge is 0.325 e. The number of benzene rings is 2. The van der Waals surface area contributed by atoms with Crippen LogP contribution in [0.2, 0.25) is 5.02 Å². The van der Waals surface area contributed by atoms with Crippen molar-refractivity contribution in [2.45, 2.75) is 0 Å². The fourth-order valence-electron chi connectivity index (χ4n) is 1.91. The second-order valence-corrected chi connectivity index (χ2v) is 6.22. The van der Waals surface area contributed by atoms with Crippen molar-refractivity contribution in [2.24, 2.45) is 0 Å². The molecule has 0 atom stereocenters. The van der Waals surface area contributed by atoms with Gasteiger partial charge in [0.05, 0.1) is 4.92 Å². The van der Waals surface area contributed by atoms with Crippen molar-refractivity contribution < 1.29 is 9.72 Å². The third-order valence-corrected chi connectivity index (χ3v) is 4.21. The van der Waals surface area contributed by atoms with Crippen molar-refractivity contribution in [3.8, 4) is 10.6 Å². The second kappa shape index (κ2) is 7.24. The maximum atomic E-state index is 11.9. The van der Waals surface area contributed by atoms with Gasteiger partial charge in [0.1, 0.15) is 5.01 Å². The van der Waals surface area contributed by atoms with Gasteiger partial charge in [-0.1, -0.05) is 22.9 Å². The minimum absolute atomic E-state index is 0.00560. The molecule has 0 aliphatic carbocycles. The van der Waals surface area contributed by atoms with Gasteiger partial charge in [-0.3, -0.25) is 15.4 Å². The molecule has 126 valence electrons. The first-order chi connectivity index (χ1) is 12.0. The van der Waals surface area contributed by atoms with Crippen molar-refractivity contribution in [3.05, 3.63) is 63.7 Å². The van der Waals surface area contributed by atoms with Gasteiger partial charge in [-0.25, -0.2) is 4.79 Å². The van der Waals surface area contributed by atoms with E-state index in [1.165, 1.54) is 12.1 Å². The number of hydrogen-bond donors (Lipinski definition) is 2. The van der Waals surface area contributed by atoms with Crippen LogP contribution in [-0.4, -0.2) is 21.2 Å². The molecule has 10 heteroatoms. The van der Waals surface area contributed by atoms with Crippen LogP contribution in [0.5, 0.6) is 0 Å². The van der Waals surface area contributed by atoms with Crippen LogP contribution in [0, 0.1) is 10.1 Å². The smallest absolute Gasteiger partial charge is 0.308 e. The zero-order valence-electron chi connectivity index (χ0n) is 12.5. The Kier molecular flexibility index (Phi) is 4.87. The van der Waals surface area contributed by atoms with E-state index in [-0.39, 0.29) is 5.69 Å². The number of carbonyl (C=O) groups excluding carboxylic acids is 1. The van der Waals surface area contributed by atoms with Gasteiger partial charge in [0.15, 0.2) is 0 Å².